The molecule has 1 aromatic carbocycles. The fraction of sp³-hybridized carbons (Fsp3) is 0.200. The van der Waals surface area contributed by atoms with E-state index < -0.39 is 23.0 Å². The molecule has 0 radical (unpaired) electrons. The van der Waals surface area contributed by atoms with Crippen molar-refractivity contribution in [2.24, 2.45) is 7.05 Å². The van der Waals surface area contributed by atoms with Crippen LogP contribution in [0.15, 0.2) is 16.6 Å². The first-order valence-corrected chi connectivity index (χ1v) is 5.67. The number of aryl methyl sites for hydroxylation is 1. The van der Waals surface area contributed by atoms with Crippen molar-refractivity contribution in [2.45, 2.75) is 6.42 Å². The van der Waals surface area contributed by atoms with E-state index in [9.17, 15) is 13.6 Å². The number of aromatic nitrogens is 4. The lowest BCUT2D eigenvalue weighted by molar-refractivity contribution is 0.0982. The highest BCUT2D eigenvalue weighted by molar-refractivity contribution is 9.10. The molecule has 0 amide bonds. The first kappa shape index (κ1) is 12.7. The maximum absolute atomic E-state index is 13.5. The van der Waals surface area contributed by atoms with Gasteiger partial charge in [-0.15, -0.1) is 10.2 Å². The predicted molar refractivity (Wildman–Crippen MR) is 60.9 cm³/mol. The van der Waals surface area contributed by atoms with Crippen LogP contribution in [-0.2, 0) is 13.5 Å². The lowest BCUT2D eigenvalue weighted by Gasteiger charge is -2.03. The normalized spacial score (nSPS) is 10.7. The van der Waals surface area contributed by atoms with Crippen LogP contribution in [0.3, 0.4) is 0 Å². The molecular weight excluding hydrogens is 310 g/mol. The molecule has 2 aromatic rings. The van der Waals surface area contributed by atoms with E-state index in [1.54, 1.807) is 0 Å². The standard InChI is InChI=1S/C10H7BrF2N4O/c1-17-15-9(14-16-17)4-8(18)10-6(12)2-5(11)3-7(10)13/h2-3H,4H2,1H3. The van der Waals surface area contributed by atoms with Gasteiger partial charge in [0.25, 0.3) is 0 Å². The zero-order chi connectivity index (χ0) is 13.3. The molecule has 5 nitrogen and oxygen atoms in total. The third kappa shape index (κ3) is 2.58. The van der Waals surface area contributed by atoms with Gasteiger partial charge in [-0.05, 0) is 17.3 Å². The molecule has 0 saturated heterocycles. The van der Waals surface area contributed by atoms with E-state index in [2.05, 4.69) is 31.3 Å². The highest BCUT2D eigenvalue weighted by Crippen LogP contribution is 2.20. The van der Waals surface area contributed by atoms with Crippen LogP contribution in [0.4, 0.5) is 8.78 Å². The smallest absolute Gasteiger partial charge is 0.182 e. The van der Waals surface area contributed by atoms with Gasteiger partial charge in [0.15, 0.2) is 11.6 Å². The number of nitrogens with zero attached hydrogens (tertiary/aromatic N) is 4. The fourth-order valence-corrected chi connectivity index (χ4v) is 1.84. The van der Waals surface area contributed by atoms with Gasteiger partial charge in [-0.3, -0.25) is 4.79 Å². The average molecular weight is 317 g/mol. The Morgan fingerprint density at radius 1 is 1.39 bits per heavy atom. The molecule has 1 heterocycles. The second kappa shape index (κ2) is 4.89. The van der Waals surface area contributed by atoms with Gasteiger partial charge in [-0.1, -0.05) is 15.9 Å². The van der Waals surface area contributed by atoms with E-state index in [4.69, 9.17) is 0 Å². The summed E-state index contributed by atoms with van der Waals surface area (Å²) in [5.74, 6) is -2.46. The number of hydrogen-bond donors (Lipinski definition) is 0. The highest BCUT2D eigenvalue weighted by Gasteiger charge is 2.20. The van der Waals surface area contributed by atoms with E-state index in [1.165, 1.54) is 7.05 Å². The van der Waals surface area contributed by atoms with E-state index in [0.717, 1.165) is 16.9 Å². The number of benzene rings is 1. The van der Waals surface area contributed by atoms with E-state index in [0.29, 0.717) is 0 Å². The van der Waals surface area contributed by atoms with Crippen molar-refractivity contribution in [3.05, 3.63) is 39.6 Å². The van der Waals surface area contributed by atoms with Crippen LogP contribution in [0, 0.1) is 11.6 Å². The van der Waals surface area contributed by atoms with E-state index in [-0.39, 0.29) is 16.7 Å². The monoisotopic (exact) mass is 316 g/mol. The van der Waals surface area contributed by atoms with Crippen LogP contribution in [0.25, 0.3) is 0 Å². The number of carbonyl (C=O) groups excluding carboxylic acids is 1. The molecule has 0 unspecified atom stereocenters. The van der Waals surface area contributed by atoms with Gasteiger partial charge in [-0.2, -0.15) is 4.80 Å². The van der Waals surface area contributed by atoms with Gasteiger partial charge in [0.1, 0.15) is 11.6 Å². The number of Topliss-reactive ketones (excluding diaryl/α,β-unsaturated/α-hetero) is 1. The summed E-state index contributed by atoms with van der Waals surface area (Å²) in [5, 5.41) is 10.9. The summed E-state index contributed by atoms with van der Waals surface area (Å²) in [6.45, 7) is 0. The van der Waals surface area contributed by atoms with Gasteiger partial charge in [0.2, 0.25) is 0 Å². The molecule has 94 valence electrons. The summed E-state index contributed by atoms with van der Waals surface area (Å²) in [6.07, 6.45) is -0.302. The van der Waals surface area contributed by atoms with Crippen molar-refractivity contribution in [3.8, 4) is 0 Å². The Morgan fingerprint density at radius 3 is 2.50 bits per heavy atom. The Bertz CT molecular complexity index is 591. The van der Waals surface area contributed by atoms with Gasteiger partial charge >= 0.3 is 0 Å². The SMILES string of the molecule is Cn1nnc(CC(=O)c2c(F)cc(Br)cc2F)n1. The molecule has 1 aromatic heterocycles. The van der Waals surface area contributed by atoms with Crippen LogP contribution >= 0.6 is 15.9 Å². The molecule has 0 bridgehead atoms. The largest absolute Gasteiger partial charge is 0.293 e. The van der Waals surface area contributed by atoms with Crippen molar-refractivity contribution in [2.75, 3.05) is 0 Å². The molecule has 0 fully saturated rings. The van der Waals surface area contributed by atoms with Crippen molar-refractivity contribution in [3.63, 3.8) is 0 Å². The van der Waals surface area contributed by atoms with Crippen LogP contribution in [0.2, 0.25) is 0 Å². The van der Waals surface area contributed by atoms with Gasteiger partial charge in [0.05, 0.1) is 19.0 Å². The van der Waals surface area contributed by atoms with Crippen LogP contribution in [0.1, 0.15) is 16.2 Å². The Morgan fingerprint density at radius 2 is 2.00 bits per heavy atom. The minimum absolute atomic E-state index is 0.115. The number of halogens is 3. The summed E-state index contributed by atoms with van der Waals surface area (Å²) < 4.78 is 27.3. The molecule has 0 atom stereocenters. The maximum Gasteiger partial charge on any atom is 0.182 e. The predicted octanol–water partition coefficient (Wildman–Crippen LogP) is 1.68. The van der Waals surface area contributed by atoms with Crippen molar-refractivity contribution < 1.29 is 13.6 Å². The van der Waals surface area contributed by atoms with Crippen LogP contribution < -0.4 is 0 Å². The van der Waals surface area contributed by atoms with E-state index in [1.807, 2.05) is 0 Å². The molecule has 0 saturated carbocycles. The minimum atomic E-state index is -0.921. The third-order valence-corrected chi connectivity index (χ3v) is 2.61. The van der Waals surface area contributed by atoms with Gasteiger partial charge < -0.3 is 0 Å². The third-order valence-electron chi connectivity index (χ3n) is 2.15. The number of tetrazole rings is 1. The molecule has 0 aliphatic rings. The number of rotatable bonds is 3. The minimum Gasteiger partial charge on any atom is -0.293 e. The zero-order valence-corrected chi connectivity index (χ0v) is 10.8. The second-order valence-corrected chi connectivity index (χ2v) is 4.46. The fourth-order valence-electron chi connectivity index (χ4n) is 1.43. The van der Waals surface area contributed by atoms with Gasteiger partial charge in [0, 0.05) is 4.47 Å². The topological polar surface area (TPSA) is 60.7 Å². The molecule has 0 N–H and O–H groups in total. The molecule has 2 rings (SSSR count). The first-order chi connectivity index (χ1) is 8.47. The molecule has 0 aliphatic carbocycles. The maximum atomic E-state index is 13.5. The highest BCUT2D eigenvalue weighted by atomic mass is 79.9. The molecular formula is C10H7BrF2N4O. The molecule has 18 heavy (non-hydrogen) atoms. The molecule has 8 heteroatoms. The van der Waals surface area contributed by atoms with Gasteiger partial charge in [-0.25, -0.2) is 8.78 Å². The number of hydrogen-bond acceptors (Lipinski definition) is 4. The van der Waals surface area contributed by atoms with Crippen molar-refractivity contribution in [1.82, 2.24) is 20.2 Å². The summed E-state index contributed by atoms with van der Waals surface area (Å²) in [4.78, 5) is 12.9. The van der Waals surface area contributed by atoms with Crippen LogP contribution in [-0.4, -0.2) is 26.0 Å². The van der Waals surface area contributed by atoms with Crippen molar-refractivity contribution in [1.29, 1.82) is 0 Å². The summed E-state index contributed by atoms with van der Waals surface area (Å²) in [5.41, 5.74) is -0.592. The summed E-state index contributed by atoms with van der Waals surface area (Å²) in [7, 11) is 1.53. The Labute approximate surface area is 109 Å². The Hall–Kier alpha value is -1.70. The summed E-state index contributed by atoms with van der Waals surface area (Å²) >= 11 is 2.94. The lowest BCUT2D eigenvalue weighted by Crippen LogP contribution is -2.10. The zero-order valence-electron chi connectivity index (χ0n) is 9.19. The number of carbonyl (C=O) groups is 1. The second-order valence-electron chi connectivity index (χ2n) is 3.54. The van der Waals surface area contributed by atoms with Crippen molar-refractivity contribution >= 4 is 21.7 Å². The first-order valence-electron chi connectivity index (χ1n) is 4.88. The lowest BCUT2D eigenvalue weighted by atomic mass is 10.1. The molecule has 0 aliphatic heterocycles. The van der Waals surface area contributed by atoms with E-state index >= 15 is 0 Å². The van der Waals surface area contributed by atoms with Crippen LogP contribution in [0.5, 0.6) is 0 Å². The average Bonchev–Trinajstić information content (AvgIpc) is 2.62. The Kier molecular flexibility index (Phi) is 3.46. The number of ketones is 1. The Balaban J connectivity index is 2.29. The quantitative estimate of drug-likeness (QED) is 0.808. The molecule has 0 spiro atoms. The summed E-state index contributed by atoms with van der Waals surface area (Å²) in [6, 6.07) is 2.06.